The molecule has 2 N–H and O–H groups in total. The quantitative estimate of drug-likeness (QED) is 0.734. The summed E-state index contributed by atoms with van der Waals surface area (Å²) in [6, 6.07) is 9.11. The highest BCUT2D eigenvalue weighted by Gasteiger charge is 2.09. The van der Waals surface area contributed by atoms with E-state index in [4.69, 9.17) is 5.21 Å². The molecule has 0 atom stereocenters. The standard InChI is InChI=1S/C11H12N4O3/c1-14-9(13-18)12-10(16)15(11(14)17)7-8-5-3-2-4-6-8/h2-6,18H,7H2,1H3,(H,12,13,16). The molecule has 0 aliphatic carbocycles. The fourth-order valence-electron chi connectivity index (χ4n) is 1.58. The summed E-state index contributed by atoms with van der Waals surface area (Å²) in [6.07, 6.45) is 0. The smallest absolute Gasteiger partial charge is 0.288 e. The predicted molar refractivity (Wildman–Crippen MR) is 64.7 cm³/mol. The maximum Gasteiger partial charge on any atom is 0.355 e. The van der Waals surface area contributed by atoms with Gasteiger partial charge in [0, 0.05) is 7.05 Å². The minimum absolute atomic E-state index is 0.144. The summed E-state index contributed by atoms with van der Waals surface area (Å²) < 4.78 is 2.06. The molecule has 7 heteroatoms. The van der Waals surface area contributed by atoms with Gasteiger partial charge in [0.05, 0.1) is 6.54 Å². The molecule has 7 nitrogen and oxygen atoms in total. The van der Waals surface area contributed by atoms with E-state index in [1.807, 2.05) is 30.3 Å². The van der Waals surface area contributed by atoms with Gasteiger partial charge in [-0.3, -0.25) is 9.77 Å². The zero-order valence-electron chi connectivity index (χ0n) is 9.70. The van der Waals surface area contributed by atoms with Crippen molar-refractivity contribution < 1.29 is 5.21 Å². The van der Waals surface area contributed by atoms with Crippen molar-refractivity contribution in [2.75, 3.05) is 5.48 Å². The molecule has 2 aromatic rings. The van der Waals surface area contributed by atoms with Gasteiger partial charge in [0.1, 0.15) is 0 Å². The SMILES string of the molecule is Cn1c(NO)nc(=O)n(Cc2ccccc2)c1=O. The molecule has 2 rings (SSSR count). The summed E-state index contributed by atoms with van der Waals surface area (Å²) in [6.45, 7) is 0.144. The van der Waals surface area contributed by atoms with Gasteiger partial charge in [-0.2, -0.15) is 4.98 Å². The molecule has 0 amide bonds. The van der Waals surface area contributed by atoms with Gasteiger partial charge in [-0.15, -0.1) is 0 Å². The molecule has 1 aromatic carbocycles. The van der Waals surface area contributed by atoms with E-state index >= 15 is 0 Å². The summed E-state index contributed by atoms with van der Waals surface area (Å²) in [7, 11) is 1.41. The number of nitrogens with zero attached hydrogens (tertiary/aromatic N) is 3. The number of hydrogen-bond acceptors (Lipinski definition) is 5. The van der Waals surface area contributed by atoms with E-state index in [9.17, 15) is 9.59 Å². The molecular weight excluding hydrogens is 236 g/mol. The van der Waals surface area contributed by atoms with Crippen LogP contribution in [0.15, 0.2) is 39.9 Å². The molecule has 1 aromatic heterocycles. The molecule has 0 aliphatic rings. The van der Waals surface area contributed by atoms with E-state index in [-0.39, 0.29) is 12.5 Å². The molecule has 0 saturated carbocycles. The second-order valence-electron chi connectivity index (χ2n) is 3.74. The monoisotopic (exact) mass is 248 g/mol. The largest absolute Gasteiger partial charge is 0.355 e. The Morgan fingerprint density at radius 1 is 1.28 bits per heavy atom. The first-order chi connectivity index (χ1) is 8.63. The molecule has 0 fully saturated rings. The number of benzene rings is 1. The van der Waals surface area contributed by atoms with Gasteiger partial charge < -0.3 is 0 Å². The van der Waals surface area contributed by atoms with E-state index in [1.54, 1.807) is 5.48 Å². The molecular formula is C11H12N4O3. The average molecular weight is 248 g/mol. The third kappa shape index (κ3) is 2.16. The Balaban J connectivity index is 2.50. The zero-order chi connectivity index (χ0) is 13.1. The number of rotatable bonds is 3. The van der Waals surface area contributed by atoms with Crippen LogP contribution in [0.25, 0.3) is 0 Å². The predicted octanol–water partition coefficient (Wildman–Crippen LogP) is -0.209. The first kappa shape index (κ1) is 12.1. The molecule has 0 unspecified atom stereocenters. The Kier molecular flexibility index (Phi) is 3.24. The maximum atomic E-state index is 11.9. The van der Waals surface area contributed by atoms with Crippen LogP contribution >= 0.6 is 0 Å². The molecule has 0 spiro atoms. The second-order valence-corrected chi connectivity index (χ2v) is 3.74. The van der Waals surface area contributed by atoms with E-state index < -0.39 is 11.4 Å². The van der Waals surface area contributed by atoms with Crippen LogP contribution < -0.4 is 16.9 Å². The van der Waals surface area contributed by atoms with Gasteiger partial charge in [0.25, 0.3) is 0 Å². The number of nitrogens with one attached hydrogen (secondary N) is 1. The van der Waals surface area contributed by atoms with Crippen LogP contribution in [0, 0.1) is 0 Å². The number of anilines is 1. The van der Waals surface area contributed by atoms with E-state index in [0.717, 1.165) is 14.7 Å². The fraction of sp³-hybridized carbons (Fsp3) is 0.182. The van der Waals surface area contributed by atoms with E-state index in [2.05, 4.69) is 4.98 Å². The molecule has 1 heterocycles. The normalized spacial score (nSPS) is 10.3. The van der Waals surface area contributed by atoms with Crippen molar-refractivity contribution in [1.29, 1.82) is 0 Å². The minimum atomic E-state index is -0.710. The van der Waals surface area contributed by atoms with Crippen LogP contribution in [0.1, 0.15) is 5.56 Å². The highest BCUT2D eigenvalue weighted by molar-refractivity contribution is 5.19. The Hall–Kier alpha value is -2.41. The zero-order valence-corrected chi connectivity index (χ0v) is 9.70. The van der Waals surface area contributed by atoms with Crippen molar-refractivity contribution in [1.82, 2.24) is 14.1 Å². The molecule has 94 valence electrons. The second kappa shape index (κ2) is 4.84. The lowest BCUT2D eigenvalue weighted by Gasteiger charge is -2.09. The fourth-order valence-corrected chi connectivity index (χ4v) is 1.58. The van der Waals surface area contributed by atoms with Gasteiger partial charge in [0.2, 0.25) is 5.95 Å². The number of hydrogen-bond donors (Lipinski definition) is 2. The topological polar surface area (TPSA) is 89.2 Å². The van der Waals surface area contributed by atoms with Gasteiger partial charge in [-0.25, -0.2) is 19.6 Å². The van der Waals surface area contributed by atoms with Crippen LogP contribution in [-0.4, -0.2) is 19.3 Å². The van der Waals surface area contributed by atoms with Crippen molar-refractivity contribution in [2.24, 2.45) is 7.05 Å². The minimum Gasteiger partial charge on any atom is -0.288 e. The van der Waals surface area contributed by atoms with Crippen molar-refractivity contribution >= 4 is 5.95 Å². The summed E-state index contributed by atoms with van der Waals surface area (Å²) in [4.78, 5) is 27.1. The highest BCUT2D eigenvalue weighted by Crippen LogP contribution is 1.99. The van der Waals surface area contributed by atoms with Crippen molar-refractivity contribution in [3.63, 3.8) is 0 Å². The average Bonchev–Trinajstić information content (AvgIpc) is 2.40. The lowest BCUT2D eigenvalue weighted by Crippen LogP contribution is -2.41. The Morgan fingerprint density at radius 3 is 2.56 bits per heavy atom. The molecule has 0 aliphatic heterocycles. The van der Waals surface area contributed by atoms with Gasteiger partial charge in [-0.1, -0.05) is 30.3 Å². The number of aromatic nitrogens is 3. The van der Waals surface area contributed by atoms with Crippen LogP contribution in [-0.2, 0) is 13.6 Å². The Bertz CT molecular complexity index is 660. The van der Waals surface area contributed by atoms with Gasteiger partial charge in [-0.05, 0) is 5.56 Å². The third-order valence-electron chi connectivity index (χ3n) is 2.55. The van der Waals surface area contributed by atoms with Crippen LogP contribution in [0.4, 0.5) is 5.95 Å². The van der Waals surface area contributed by atoms with E-state index in [1.165, 1.54) is 7.05 Å². The first-order valence-corrected chi connectivity index (χ1v) is 5.25. The van der Waals surface area contributed by atoms with Crippen molar-refractivity contribution in [3.05, 3.63) is 56.9 Å². The lowest BCUT2D eigenvalue weighted by atomic mass is 10.2. The molecule has 0 saturated heterocycles. The lowest BCUT2D eigenvalue weighted by molar-refractivity contribution is 0.374. The Morgan fingerprint density at radius 2 is 1.94 bits per heavy atom. The summed E-state index contributed by atoms with van der Waals surface area (Å²) in [5.41, 5.74) is 1.27. The summed E-state index contributed by atoms with van der Waals surface area (Å²) in [5.74, 6) is -0.186. The summed E-state index contributed by atoms with van der Waals surface area (Å²) in [5, 5.41) is 8.73. The summed E-state index contributed by atoms with van der Waals surface area (Å²) >= 11 is 0. The van der Waals surface area contributed by atoms with Gasteiger partial charge >= 0.3 is 11.4 Å². The maximum absolute atomic E-state index is 11.9. The van der Waals surface area contributed by atoms with Crippen LogP contribution in [0.5, 0.6) is 0 Å². The molecule has 0 bridgehead atoms. The van der Waals surface area contributed by atoms with Crippen LogP contribution in [0.2, 0.25) is 0 Å². The highest BCUT2D eigenvalue weighted by atomic mass is 16.5. The van der Waals surface area contributed by atoms with Crippen molar-refractivity contribution in [2.45, 2.75) is 6.54 Å². The molecule has 0 radical (unpaired) electrons. The third-order valence-corrected chi connectivity index (χ3v) is 2.55. The molecule has 18 heavy (non-hydrogen) atoms. The Labute approximate surface area is 102 Å². The first-order valence-electron chi connectivity index (χ1n) is 5.25. The van der Waals surface area contributed by atoms with Crippen LogP contribution in [0.3, 0.4) is 0 Å². The van der Waals surface area contributed by atoms with E-state index in [0.29, 0.717) is 0 Å². The van der Waals surface area contributed by atoms with Crippen molar-refractivity contribution in [3.8, 4) is 0 Å². The van der Waals surface area contributed by atoms with Gasteiger partial charge in [0.15, 0.2) is 0 Å².